The highest BCUT2D eigenvalue weighted by Crippen LogP contribution is 2.24. The van der Waals surface area contributed by atoms with E-state index in [4.69, 9.17) is 9.47 Å². The summed E-state index contributed by atoms with van der Waals surface area (Å²) in [5, 5.41) is 0. The predicted octanol–water partition coefficient (Wildman–Crippen LogP) is 4.15. The van der Waals surface area contributed by atoms with Crippen molar-refractivity contribution in [2.24, 2.45) is 0 Å². The van der Waals surface area contributed by atoms with Crippen LogP contribution in [0.5, 0.6) is 11.5 Å². The number of allylic oxidation sites excluding steroid dienone is 1. The van der Waals surface area contributed by atoms with Gasteiger partial charge in [0.1, 0.15) is 11.5 Å². The molecule has 1 fully saturated rings. The summed E-state index contributed by atoms with van der Waals surface area (Å²) in [6.07, 6.45) is 3.45. The molecule has 0 aliphatic carbocycles. The fraction of sp³-hybridized carbons (Fsp3) is 0.318. The van der Waals surface area contributed by atoms with Crippen LogP contribution in [0.2, 0.25) is 0 Å². The molecule has 0 amide bonds. The number of nitrogens with zero attached hydrogens (tertiary/aromatic N) is 1. The first kappa shape index (κ1) is 19.5. The number of hydrogen-bond acceptors (Lipinski definition) is 5. The van der Waals surface area contributed by atoms with Crippen LogP contribution in [-0.2, 0) is 6.54 Å². The molecule has 0 spiro atoms. The summed E-state index contributed by atoms with van der Waals surface area (Å²) in [5.41, 5.74) is 2.70. The molecule has 3 rings (SSSR count). The van der Waals surface area contributed by atoms with Crippen molar-refractivity contribution in [1.82, 2.24) is 4.90 Å². The highest BCUT2D eigenvalue weighted by Gasteiger charge is 2.14. The third kappa shape index (κ3) is 5.15. The molecule has 27 heavy (non-hydrogen) atoms. The monoisotopic (exact) mass is 383 g/mol. The van der Waals surface area contributed by atoms with Crippen LogP contribution >= 0.6 is 11.8 Å². The van der Waals surface area contributed by atoms with E-state index in [1.165, 1.54) is 11.5 Å². The number of ketones is 1. The molecule has 2 aromatic rings. The molecule has 0 radical (unpaired) electrons. The van der Waals surface area contributed by atoms with Crippen LogP contribution in [0, 0.1) is 0 Å². The van der Waals surface area contributed by atoms with Gasteiger partial charge in [-0.15, -0.1) is 0 Å². The van der Waals surface area contributed by atoms with Gasteiger partial charge in [0.05, 0.1) is 19.8 Å². The SMILES string of the molecule is COc1ccc(/C=C/C(=O)c2ccccc2OC)cc1CN1CCSCC1. The normalized spacial score (nSPS) is 15.0. The van der Waals surface area contributed by atoms with Crippen molar-refractivity contribution >= 4 is 23.6 Å². The third-order valence-corrected chi connectivity index (χ3v) is 5.54. The number of carbonyl (C=O) groups excluding carboxylic acids is 1. The zero-order valence-electron chi connectivity index (χ0n) is 15.8. The molecule has 1 aliphatic heterocycles. The van der Waals surface area contributed by atoms with Crippen molar-refractivity contribution in [2.75, 3.05) is 38.8 Å². The van der Waals surface area contributed by atoms with Gasteiger partial charge in [-0.3, -0.25) is 9.69 Å². The Bertz CT molecular complexity index is 813. The fourth-order valence-electron chi connectivity index (χ4n) is 3.14. The highest BCUT2D eigenvalue weighted by atomic mass is 32.2. The summed E-state index contributed by atoms with van der Waals surface area (Å²) in [6.45, 7) is 3.06. The lowest BCUT2D eigenvalue weighted by Gasteiger charge is -2.26. The molecule has 0 bridgehead atoms. The van der Waals surface area contributed by atoms with Gasteiger partial charge < -0.3 is 9.47 Å². The number of methoxy groups -OCH3 is 2. The summed E-state index contributed by atoms with van der Waals surface area (Å²) in [5.74, 6) is 3.76. The second-order valence-corrected chi connectivity index (χ2v) is 7.58. The average molecular weight is 384 g/mol. The van der Waals surface area contributed by atoms with Crippen LogP contribution in [0.3, 0.4) is 0 Å². The Morgan fingerprint density at radius 2 is 1.81 bits per heavy atom. The largest absolute Gasteiger partial charge is 0.496 e. The van der Waals surface area contributed by atoms with E-state index in [1.807, 2.05) is 42.1 Å². The molecule has 1 heterocycles. The minimum Gasteiger partial charge on any atom is -0.496 e. The van der Waals surface area contributed by atoms with Crippen molar-refractivity contribution in [2.45, 2.75) is 6.54 Å². The molecular weight excluding hydrogens is 358 g/mol. The first-order valence-corrected chi connectivity index (χ1v) is 10.2. The Balaban J connectivity index is 1.77. The van der Waals surface area contributed by atoms with Crippen LogP contribution < -0.4 is 9.47 Å². The molecule has 1 aliphatic rings. The highest BCUT2D eigenvalue weighted by molar-refractivity contribution is 7.99. The predicted molar refractivity (Wildman–Crippen MR) is 112 cm³/mol. The Kier molecular flexibility index (Phi) is 6.96. The minimum absolute atomic E-state index is 0.0714. The summed E-state index contributed by atoms with van der Waals surface area (Å²) < 4.78 is 10.8. The molecule has 0 saturated carbocycles. The zero-order valence-corrected chi connectivity index (χ0v) is 16.6. The van der Waals surface area contributed by atoms with E-state index in [-0.39, 0.29) is 5.78 Å². The molecule has 0 atom stereocenters. The number of carbonyl (C=O) groups is 1. The topological polar surface area (TPSA) is 38.8 Å². The van der Waals surface area contributed by atoms with Gasteiger partial charge in [0, 0.05) is 36.7 Å². The first-order chi connectivity index (χ1) is 13.2. The fourth-order valence-corrected chi connectivity index (χ4v) is 4.11. The van der Waals surface area contributed by atoms with Crippen LogP contribution in [0.15, 0.2) is 48.5 Å². The van der Waals surface area contributed by atoms with Crippen LogP contribution in [-0.4, -0.2) is 49.5 Å². The standard InChI is InChI=1S/C22H25NO3S/c1-25-21-10-8-17(15-18(21)16-23-11-13-27-14-12-23)7-9-20(24)19-5-3-4-6-22(19)26-2/h3-10,15H,11-14,16H2,1-2H3/b9-7+. The molecular formula is C22H25NO3S. The van der Waals surface area contributed by atoms with Gasteiger partial charge in [-0.25, -0.2) is 0 Å². The van der Waals surface area contributed by atoms with E-state index in [1.54, 1.807) is 32.4 Å². The summed E-state index contributed by atoms with van der Waals surface area (Å²) in [7, 11) is 3.27. The summed E-state index contributed by atoms with van der Waals surface area (Å²) in [6, 6.07) is 13.3. The summed E-state index contributed by atoms with van der Waals surface area (Å²) >= 11 is 2.00. The Morgan fingerprint density at radius 1 is 1.07 bits per heavy atom. The van der Waals surface area contributed by atoms with Gasteiger partial charge in [-0.2, -0.15) is 11.8 Å². The maximum absolute atomic E-state index is 12.5. The smallest absolute Gasteiger partial charge is 0.189 e. The van der Waals surface area contributed by atoms with Crippen molar-refractivity contribution in [3.8, 4) is 11.5 Å². The third-order valence-electron chi connectivity index (χ3n) is 4.60. The zero-order chi connectivity index (χ0) is 19.1. The van der Waals surface area contributed by atoms with E-state index in [0.29, 0.717) is 11.3 Å². The van der Waals surface area contributed by atoms with E-state index >= 15 is 0 Å². The maximum atomic E-state index is 12.5. The van der Waals surface area contributed by atoms with Crippen LogP contribution in [0.4, 0.5) is 0 Å². The maximum Gasteiger partial charge on any atom is 0.189 e. The van der Waals surface area contributed by atoms with E-state index in [2.05, 4.69) is 11.0 Å². The lowest BCUT2D eigenvalue weighted by Crippen LogP contribution is -2.32. The molecule has 1 saturated heterocycles. The Labute approximate surface area is 165 Å². The van der Waals surface area contributed by atoms with Crippen molar-refractivity contribution < 1.29 is 14.3 Å². The first-order valence-electron chi connectivity index (χ1n) is 9.03. The van der Waals surface area contributed by atoms with Gasteiger partial charge in [0.25, 0.3) is 0 Å². The van der Waals surface area contributed by atoms with Crippen molar-refractivity contribution in [3.05, 3.63) is 65.2 Å². The lowest BCUT2D eigenvalue weighted by molar-refractivity contribution is 0.104. The number of thioether (sulfide) groups is 1. The summed E-state index contributed by atoms with van der Waals surface area (Å²) in [4.78, 5) is 15.0. The number of hydrogen-bond donors (Lipinski definition) is 0. The second kappa shape index (κ2) is 9.62. The quantitative estimate of drug-likeness (QED) is 0.531. The Morgan fingerprint density at radius 3 is 2.56 bits per heavy atom. The molecule has 142 valence electrons. The number of para-hydroxylation sites is 1. The average Bonchev–Trinajstić information content (AvgIpc) is 2.73. The van der Waals surface area contributed by atoms with Gasteiger partial charge in [-0.05, 0) is 35.9 Å². The molecule has 2 aromatic carbocycles. The number of ether oxygens (including phenoxy) is 2. The van der Waals surface area contributed by atoms with E-state index < -0.39 is 0 Å². The molecule has 4 nitrogen and oxygen atoms in total. The molecule has 0 aromatic heterocycles. The minimum atomic E-state index is -0.0714. The van der Waals surface area contributed by atoms with Crippen molar-refractivity contribution in [1.29, 1.82) is 0 Å². The lowest BCUT2D eigenvalue weighted by atomic mass is 10.1. The van der Waals surface area contributed by atoms with Crippen molar-refractivity contribution in [3.63, 3.8) is 0 Å². The van der Waals surface area contributed by atoms with Gasteiger partial charge in [0.2, 0.25) is 0 Å². The van der Waals surface area contributed by atoms with E-state index in [9.17, 15) is 4.79 Å². The van der Waals surface area contributed by atoms with Gasteiger partial charge in [-0.1, -0.05) is 24.3 Å². The van der Waals surface area contributed by atoms with Crippen LogP contribution in [0.25, 0.3) is 6.08 Å². The van der Waals surface area contributed by atoms with E-state index in [0.717, 1.165) is 36.5 Å². The molecule has 5 heteroatoms. The number of benzene rings is 2. The molecule has 0 unspecified atom stereocenters. The molecule has 0 N–H and O–H groups in total. The number of rotatable bonds is 7. The second-order valence-electron chi connectivity index (χ2n) is 6.36. The van der Waals surface area contributed by atoms with Crippen LogP contribution in [0.1, 0.15) is 21.5 Å². The van der Waals surface area contributed by atoms with Gasteiger partial charge in [0.15, 0.2) is 5.78 Å². The Hall–Kier alpha value is -2.24. The van der Waals surface area contributed by atoms with Gasteiger partial charge >= 0.3 is 0 Å².